The highest BCUT2D eigenvalue weighted by atomic mass is 35.5. The van der Waals surface area contributed by atoms with Crippen LogP contribution in [0.3, 0.4) is 0 Å². The molecule has 0 aliphatic rings. The zero-order valence-electron chi connectivity index (χ0n) is 11.4. The Hall–Kier alpha value is -2.30. The van der Waals surface area contributed by atoms with Gasteiger partial charge in [-0.25, -0.2) is 9.66 Å². The Labute approximate surface area is 137 Å². The fourth-order valence-electron chi connectivity index (χ4n) is 1.97. The molecule has 0 fully saturated rings. The van der Waals surface area contributed by atoms with E-state index in [1.807, 2.05) is 30.3 Å². The zero-order valence-corrected chi connectivity index (χ0v) is 13.0. The van der Waals surface area contributed by atoms with Crippen molar-refractivity contribution < 1.29 is 0 Å². The molecular formula is C16H12Cl2N4. The van der Waals surface area contributed by atoms with E-state index in [4.69, 9.17) is 28.9 Å². The molecule has 3 aromatic rings. The number of benzene rings is 2. The summed E-state index contributed by atoms with van der Waals surface area (Å²) in [5, 5.41) is 5.39. The average molecular weight is 331 g/mol. The molecule has 1 aromatic heterocycles. The normalized spacial score (nSPS) is 11.2. The summed E-state index contributed by atoms with van der Waals surface area (Å²) in [6.45, 7) is 0. The second-order valence-corrected chi connectivity index (χ2v) is 5.45. The number of halogens is 2. The molecule has 0 saturated heterocycles. The van der Waals surface area contributed by atoms with E-state index in [2.05, 4.69) is 10.1 Å². The molecule has 0 aliphatic heterocycles. The molecule has 0 amide bonds. The molecule has 2 N–H and O–H groups in total. The lowest BCUT2D eigenvalue weighted by Crippen LogP contribution is -1.96. The van der Waals surface area contributed by atoms with Crippen molar-refractivity contribution in [1.29, 1.82) is 0 Å². The van der Waals surface area contributed by atoms with Crippen LogP contribution in [0.15, 0.2) is 59.8 Å². The van der Waals surface area contributed by atoms with Crippen LogP contribution in [-0.4, -0.2) is 15.9 Å². The highest BCUT2D eigenvalue weighted by molar-refractivity contribution is 6.36. The molecule has 0 atom stereocenters. The van der Waals surface area contributed by atoms with Gasteiger partial charge in [-0.15, -0.1) is 0 Å². The number of aromatic nitrogens is 2. The van der Waals surface area contributed by atoms with Gasteiger partial charge in [-0.1, -0.05) is 53.5 Å². The average Bonchev–Trinajstić information content (AvgIpc) is 2.87. The molecule has 110 valence electrons. The van der Waals surface area contributed by atoms with Crippen LogP contribution in [0.25, 0.3) is 11.3 Å². The van der Waals surface area contributed by atoms with Crippen molar-refractivity contribution in [3.63, 3.8) is 0 Å². The highest BCUT2D eigenvalue weighted by Crippen LogP contribution is 2.30. The van der Waals surface area contributed by atoms with E-state index in [1.54, 1.807) is 30.6 Å². The quantitative estimate of drug-likeness (QED) is 0.727. The topological polar surface area (TPSA) is 56.2 Å². The van der Waals surface area contributed by atoms with Gasteiger partial charge in [0.15, 0.2) is 0 Å². The Bertz CT molecular complexity index is 825. The molecule has 6 heteroatoms. The Morgan fingerprint density at radius 1 is 1.09 bits per heavy atom. The Balaban J connectivity index is 1.92. The third-order valence-electron chi connectivity index (χ3n) is 3.05. The van der Waals surface area contributed by atoms with E-state index in [-0.39, 0.29) is 5.95 Å². The SMILES string of the molecule is Nc1nc(-c2ccc(Cl)cc2Cl)cn1/N=C\c1ccccc1. The first-order valence-electron chi connectivity index (χ1n) is 6.53. The van der Waals surface area contributed by atoms with E-state index < -0.39 is 0 Å². The number of nitrogens with two attached hydrogens (primary N) is 1. The van der Waals surface area contributed by atoms with Gasteiger partial charge in [0.1, 0.15) is 0 Å². The van der Waals surface area contributed by atoms with Gasteiger partial charge in [-0.3, -0.25) is 0 Å². The van der Waals surface area contributed by atoms with E-state index in [1.165, 1.54) is 4.68 Å². The lowest BCUT2D eigenvalue weighted by Gasteiger charge is -2.00. The predicted octanol–water partition coefficient (Wildman–Crippen LogP) is 4.32. The maximum Gasteiger partial charge on any atom is 0.221 e. The van der Waals surface area contributed by atoms with Crippen LogP contribution in [0.4, 0.5) is 5.95 Å². The molecule has 2 aromatic carbocycles. The number of hydrogen-bond donors (Lipinski definition) is 1. The molecule has 0 radical (unpaired) electrons. The largest absolute Gasteiger partial charge is 0.368 e. The van der Waals surface area contributed by atoms with Crippen molar-refractivity contribution in [2.45, 2.75) is 0 Å². The number of nitrogen functional groups attached to an aromatic ring is 1. The molecule has 0 saturated carbocycles. The molecule has 22 heavy (non-hydrogen) atoms. The van der Waals surface area contributed by atoms with Gasteiger partial charge < -0.3 is 5.73 Å². The predicted molar refractivity (Wildman–Crippen MR) is 91.5 cm³/mol. The summed E-state index contributed by atoms with van der Waals surface area (Å²) in [6.07, 6.45) is 3.44. The van der Waals surface area contributed by atoms with Crippen LogP contribution < -0.4 is 5.73 Å². The van der Waals surface area contributed by atoms with Gasteiger partial charge >= 0.3 is 0 Å². The summed E-state index contributed by atoms with van der Waals surface area (Å²) in [6, 6.07) is 15.0. The Kier molecular flexibility index (Phi) is 4.13. The molecular weight excluding hydrogens is 319 g/mol. The van der Waals surface area contributed by atoms with Gasteiger partial charge in [0.05, 0.1) is 23.1 Å². The molecule has 0 aliphatic carbocycles. The van der Waals surface area contributed by atoms with Gasteiger partial charge in [-0.05, 0) is 23.8 Å². The number of rotatable bonds is 3. The van der Waals surface area contributed by atoms with Crippen LogP contribution in [0.1, 0.15) is 5.56 Å². The summed E-state index contributed by atoms with van der Waals surface area (Å²) in [5.41, 5.74) is 8.26. The van der Waals surface area contributed by atoms with Crippen molar-refractivity contribution in [3.05, 3.63) is 70.3 Å². The van der Waals surface area contributed by atoms with Crippen LogP contribution in [0.5, 0.6) is 0 Å². The fraction of sp³-hybridized carbons (Fsp3) is 0. The smallest absolute Gasteiger partial charge is 0.221 e. The molecule has 3 rings (SSSR count). The van der Waals surface area contributed by atoms with Crippen molar-refractivity contribution >= 4 is 35.4 Å². The van der Waals surface area contributed by atoms with Crippen molar-refractivity contribution in [3.8, 4) is 11.3 Å². The summed E-state index contributed by atoms with van der Waals surface area (Å²) in [5.74, 6) is 0.285. The Morgan fingerprint density at radius 3 is 2.59 bits per heavy atom. The second-order valence-electron chi connectivity index (χ2n) is 4.61. The lowest BCUT2D eigenvalue weighted by atomic mass is 10.2. The molecule has 1 heterocycles. The van der Waals surface area contributed by atoms with Crippen LogP contribution in [0, 0.1) is 0 Å². The third-order valence-corrected chi connectivity index (χ3v) is 3.60. The first kappa shape index (κ1) is 14.6. The van der Waals surface area contributed by atoms with Crippen LogP contribution in [-0.2, 0) is 0 Å². The lowest BCUT2D eigenvalue weighted by molar-refractivity contribution is 0.898. The first-order chi connectivity index (χ1) is 10.6. The summed E-state index contributed by atoms with van der Waals surface area (Å²) in [7, 11) is 0. The summed E-state index contributed by atoms with van der Waals surface area (Å²) < 4.78 is 1.51. The van der Waals surface area contributed by atoms with Crippen molar-refractivity contribution in [1.82, 2.24) is 9.66 Å². The molecule has 0 spiro atoms. The van der Waals surface area contributed by atoms with Crippen LogP contribution in [0.2, 0.25) is 10.0 Å². The second kappa shape index (κ2) is 6.22. The third kappa shape index (κ3) is 3.13. The van der Waals surface area contributed by atoms with E-state index in [0.717, 1.165) is 11.1 Å². The van der Waals surface area contributed by atoms with Crippen molar-refractivity contribution in [2.24, 2.45) is 5.10 Å². The van der Waals surface area contributed by atoms with E-state index >= 15 is 0 Å². The van der Waals surface area contributed by atoms with Gasteiger partial charge in [0, 0.05) is 10.6 Å². The number of imidazole rings is 1. The van der Waals surface area contributed by atoms with E-state index in [9.17, 15) is 0 Å². The van der Waals surface area contributed by atoms with Crippen molar-refractivity contribution in [2.75, 3.05) is 5.73 Å². The molecule has 4 nitrogen and oxygen atoms in total. The van der Waals surface area contributed by atoms with Gasteiger partial charge in [-0.2, -0.15) is 5.10 Å². The minimum atomic E-state index is 0.285. The minimum absolute atomic E-state index is 0.285. The standard InChI is InChI=1S/C16H12Cl2N4/c17-12-6-7-13(14(18)8-12)15-10-22(16(19)21-15)20-9-11-4-2-1-3-5-11/h1-10H,(H2,19,21)/b20-9-. The van der Waals surface area contributed by atoms with Gasteiger partial charge in [0.2, 0.25) is 5.95 Å². The molecule has 0 bridgehead atoms. The fourth-order valence-corrected chi connectivity index (χ4v) is 2.48. The highest BCUT2D eigenvalue weighted by Gasteiger charge is 2.10. The van der Waals surface area contributed by atoms with Crippen LogP contribution >= 0.6 is 23.2 Å². The minimum Gasteiger partial charge on any atom is -0.368 e. The maximum atomic E-state index is 6.19. The molecule has 0 unspecified atom stereocenters. The monoisotopic (exact) mass is 330 g/mol. The zero-order chi connectivity index (χ0) is 15.5. The summed E-state index contributed by atoms with van der Waals surface area (Å²) in [4.78, 5) is 4.28. The number of hydrogen-bond acceptors (Lipinski definition) is 3. The number of nitrogens with zero attached hydrogens (tertiary/aromatic N) is 3. The van der Waals surface area contributed by atoms with Gasteiger partial charge in [0.25, 0.3) is 0 Å². The first-order valence-corrected chi connectivity index (χ1v) is 7.29. The van der Waals surface area contributed by atoms with E-state index in [0.29, 0.717) is 15.7 Å². The number of anilines is 1. The Morgan fingerprint density at radius 2 is 1.86 bits per heavy atom. The maximum absolute atomic E-state index is 6.19. The summed E-state index contributed by atoms with van der Waals surface area (Å²) >= 11 is 12.1.